The molecule has 0 aliphatic carbocycles. The number of amides is 1. The van der Waals surface area contributed by atoms with Gasteiger partial charge in [0.25, 0.3) is 5.91 Å². The van der Waals surface area contributed by atoms with Crippen LogP contribution in [0.5, 0.6) is 11.5 Å². The number of carbonyl (C=O) groups is 2. The summed E-state index contributed by atoms with van der Waals surface area (Å²) >= 11 is 0. The third-order valence-corrected chi connectivity index (χ3v) is 4.85. The molecule has 0 bridgehead atoms. The summed E-state index contributed by atoms with van der Waals surface area (Å²) in [5.41, 5.74) is 1.95. The number of carbonyl (C=O) groups excluding carboxylic acids is 2. The molecule has 1 fully saturated rings. The molecule has 154 valence electrons. The first kappa shape index (κ1) is 20.5. The van der Waals surface area contributed by atoms with Gasteiger partial charge < -0.3 is 24.0 Å². The van der Waals surface area contributed by atoms with Gasteiger partial charge in [0.15, 0.2) is 13.2 Å². The second kappa shape index (κ2) is 9.82. The van der Waals surface area contributed by atoms with Gasteiger partial charge in [0.2, 0.25) is 0 Å². The number of esters is 1. The molecule has 1 amide bonds. The van der Waals surface area contributed by atoms with Crippen LogP contribution in [0, 0.1) is 6.92 Å². The molecule has 1 aliphatic heterocycles. The highest BCUT2D eigenvalue weighted by Gasteiger charge is 2.23. The summed E-state index contributed by atoms with van der Waals surface area (Å²) in [5.74, 6) is 0.682. The van der Waals surface area contributed by atoms with Crippen molar-refractivity contribution in [2.24, 2.45) is 0 Å². The monoisotopic (exact) mass is 398 g/mol. The minimum atomic E-state index is -0.561. The average molecular weight is 398 g/mol. The van der Waals surface area contributed by atoms with Crippen molar-refractivity contribution in [3.05, 3.63) is 54.1 Å². The van der Waals surface area contributed by atoms with E-state index in [1.54, 1.807) is 18.1 Å². The van der Waals surface area contributed by atoms with Crippen molar-refractivity contribution in [1.82, 2.24) is 4.90 Å². The zero-order valence-electron chi connectivity index (χ0n) is 16.8. The maximum absolute atomic E-state index is 12.4. The topological polar surface area (TPSA) is 68.3 Å². The number of methoxy groups -OCH3 is 1. The standard InChI is InChI=1S/C22H26N2O5/c1-17-7-3-5-9-19(17)28-16-22(26)29-15-21(25)24-13-11-23(12-14-24)18-8-4-6-10-20(18)27-2/h3-10H,11-16H2,1-2H3. The molecule has 7 heteroatoms. The molecule has 0 N–H and O–H groups in total. The van der Waals surface area contributed by atoms with Crippen LogP contribution in [0.2, 0.25) is 0 Å². The van der Waals surface area contributed by atoms with Crippen LogP contribution in [0.4, 0.5) is 5.69 Å². The zero-order chi connectivity index (χ0) is 20.6. The predicted octanol–water partition coefficient (Wildman–Crippen LogP) is 2.27. The van der Waals surface area contributed by atoms with Gasteiger partial charge in [0.1, 0.15) is 11.5 Å². The van der Waals surface area contributed by atoms with Gasteiger partial charge in [0.05, 0.1) is 12.8 Å². The van der Waals surface area contributed by atoms with Crippen LogP contribution in [-0.2, 0) is 14.3 Å². The second-order valence-electron chi connectivity index (χ2n) is 6.75. The lowest BCUT2D eigenvalue weighted by atomic mass is 10.2. The van der Waals surface area contributed by atoms with Gasteiger partial charge in [-0.25, -0.2) is 4.79 Å². The summed E-state index contributed by atoms with van der Waals surface area (Å²) in [6.45, 7) is 3.91. The number of ether oxygens (including phenoxy) is 3. The SMILES string of the molecule is COc1ccccc1N1CCN(C(=O)COC(=O)COc2ccccc2C)CC1. The fourth-order valence-corrected chi connectivity index (χ4v) is 3.22. The molecule has 0 spiro atoms. The Kier molecular flexibility index (Phi) is 6.94. The molecule has 0 saturated carbocycles. The van der Waals surface area contributed by atoms with Crippen LogP contribution in [0.15, 0.2) is 48.5 Å². The third kappa shape index (κ3) is 5.40. The second-order valence-corrected chi connectivity index (χ2v) is 6.75. The number of para-hydroxylation sites is 3. The van der Waals surface area contributed by atoms with Crippen molar-refractivity contribution in [2.45, 2.75) is 6.92 Å². The van der Waals surface area contributed by atoms with Crippen LogP contribution in [-0.4, -0.2) is 63.3 Å². The summed E-state index contributed by atoms with van der Waals surface area (Å²) in [6.07, 6.45) is 0. The molecule has 0 unspecified atom stereocenters. The van der Waals surface area contributed by atoms with E-state index in [2.05, 4.69) is 4.90 Å². The van der Waals surface area contributed by atoms with Gasteiger partial charge in [0, 0.05) is 26.2 Å². The van der Waals surface area contributed by atoms with Gasteiger partial charge in [-0.3, -0.25) is 4.79 Å². The van der Waals surface area contributed by atoms with Gasteiger partial charge in [-0.2, -0.15) is 0 Å². The maximum atomic E-state index is 12.4. The molecular weight excluding hydrogens is 372 g/mol. The number of anilines is 1. The first-order valence-corrected chi connectivity index (χ1v) is 9.58. The molecule has 1 heterocycles. The highest BCUT2D eigenvalue weighted by molar-refractivity contribution is 5.81. The van der Waals surface area contributed by atoms with Gasteiger partial charge in [-0.1, -0.05) is 30.3 Å². The molecule has 0 atom stereocenters. The number of aryl methyl sites for hydroxylation is 1. The maximum Gasteiger partial charge on any atom is 0.344 e. The number of nitrogens with zero attached hydrogens (tertiary/aromatic N) is 2. The molecule has 0 radical (unpaired) electrons. The van der Waals surface area contributed by atoms with Crippen molar-refractivity contribution in [2.75, 3.05) is 51.4 Å². The van der Waals surface area contributed by atoms with E-state index in [9.17, 15) is 9.59 Å². The molecule has 29 heavy (non-hydrogen) atoms. The fourth-order valence-electron chi connectivity index (χ4n) is 3.22. The van der Waals surface area contributed by atoms with E-state index in [1.165, 1.54) is 0 Å². The Morgan fingerprint density at radius 2 is 1.55 bits per heavy atom. The summed E-state index contributed by atoms with van der Waals surface area (Å²) in [7, 11) is 1.65. The quantitative estimate of drug-likeness (QED) is 0.667. The van der Waals surface area contributed by atoms with Crippen molar-refractivity contribution in [3.63, 3.8) is 0 Å². The van der Waals surface area contributed by atoms with Gasteiger partial charge in [-0.05, 0) is 30.7 Å². The van der Waals surface area contributed by atoms with Crippen molar-refractivity contribution >= 4 is 17.6 Å². The van der Waals surface area contributed by atoms with Crippen LogP contribution in [0.25, 0.3) is 0 Å². The summed E-state index contributed by atoms with van der Waals surface area (Å²) in [6, 6.07) is 15.2. The predicted molar refractivity (Wildman–Crippen MR) is 109 cm³/mol. The van der Waals surface area contributed by atoms with Crippen LogP contribution < -0.4 is 14.4 Å². The molecule has 2 aromatic carbocycles. The van der Waals surface area contributed by atoms with E-state index in [-0.39, 0.29) is 19.1 Å². The third-order valence-electron chi connectivity index (χ3n) is 4.85. The first-order valence-electron chi connectivity index (χ1n) is 9.58. The Balaban J connectivity index is 1.41. The van der Waals surface area contributed by atoms with Crippen LogP contribution in [0.3, 0.4) is 0 Å². The molecule has 1 saturated heterocycles. The molecule has 1 aliphatic rings. The normalized spacial score (nSPS) is 13.7. The molecule has 2 aromatic rings. The number of hydrogen-bond donors (Lipinski definition) is 0. The first-order chi connectivity index (χ1) is 14.1. The van der Waals surface area contributed by atoms with Crippen LogP contribution in [0.1, 0.15) is 5.56 Å². The van der Waals surface area contributed by atoms with E-state index in [4.69, 9.17) is 14.2 Å². The largest absolute Gasteiger partial charge is 0.495 e. The fraction of sp³-hybridized carbons (Fsp3) is 0.364. The number of rotatable bonds is 7. The van der Waals surface area contributed by atoms with E-state index in [0.717, 1.165) is 17.0 Å². The van der Waals surface area contributed by atoms with E-state index < -0.39 is 5.97 Å². The van der Waals surface area contributed by atoms with Gasteiger partial charge in [-0.15, -0.1) is 0 Å². The number of hydrogen-bond acceptors (Lipinski definition) is 6. The van der Waals surface area contributed by atoms with Crippen molar-refractivity contribution in [1.29, 1.82) is 0 Å². The minimum absolute atomic E-state index is 0.200. The van der Waals surface area contributed by atoms with E-state index >= 15 is 0 Å². The highest BCUT2D eigenvalue weighted by atomic mass is 16.6. The zero-order valence-corrected chi connectivity index (χ0v) is 16.8. The molecule has 7 nitrogen and oxygen atoms in total. The molecule has 3 rings (SSSR count). The van der Waals surface area contributed by atoms with Crippen molar-refractivity contribution < 1.29 is 23.8 Å². The summed E-state index contributed by atoms with van der Waals surface area (Å²) in [5, 5.41) is 0. The Labute approximate surface area is 170 Å². The molecule has 0 aromatic heterocycles. The minimum Gasteiger partial charge on any atom is -0.495 e. The number of benzene rings is 2. The highest BCUT2D eigenvalue weighted by Crippen LogP contribution is 2.28. The average Bonchev–Trinajstić information content (AvgIpc) is 2.77. The van der Waals surface area contributed by atoms with Crippen molar-refractivity contribution in [3.8, 4) is 11.5 Å². The van der Waals surface area contributed by atoms with Gasteiger partial charge >= 0.3 is 5.97 Å². The van der Waals surface area contributed by atoms with E-state index in [0.29, 0.717) is 31.9 Å². The Bertz CT molecular complexity index is 847. The lowest BCUT2D eigenvalue weighted by molar-refractivity contribution is -0.153. The Morgan fingerprint density at radius 3 is 2.24 bits per heavy atom. The Morgan fingerprint density at radius 1 is 0.897 bits per heavy atom. The smallest absolute Gasteiger partial charge is 0.344 e. The number of piperazine rings is 1. The Hall–Kier alpha value is -3.22. The summed E-state index contributed by atoms with van der Waals surface area (Å²) in [4.78, 5) is 28.1. The van der Waals surface area contributed by atoms with Crippen LogP contribution >= 0.6 is 0 Å². The lowest BCUT2D eigenvalue weighted by Crippen LogP contribution is -2.50. The lowest BCUT2D eigenvalue weighted by Gasteiger charge is -2.36. The van der Waals surface area contributed by atoms with E-state index in [1.807, 2.05) is 49.4 Å². The summed E-state index contributed by atoms with van der Waals surface area (Å²) < 4.78 is 15.9. The molecular formula is C22H26N2O5.